The van der Waals surface area contributed by atoms with Crippen molar-refractivity contribution in [2.75, 3.05) is 13.1 Å². The summed E-state index contributed by atoms with van der Waals surface area (Å²) in [6, 6.07) is 16.3. The van der Waals surface area contributed by atoms with Crippen LogP contribution in [0.5, 0.6) is 0 Å². The summed E-state index contributed by atoms with van der Waals surface area (Å²) >= 11 is 0. The molecule has 1 saturated heterocycles. The fourth-order valence-electron chi connectivity index (χ4n) is 4.14. The van der Waals surface area contributed by atoms with E-state index in [1.54, 1.807) is 25.1 Å². The van der Waals surface area contributed by atoms with Gasteiger partial charge in [-0.05, 0) is 61.3 Å². The summed E-state index contributed by atoms with van der Waals surface area (Å²) in [7, 11) is 0. The van der Waals surface area contributed by atoms with E-state index in [1.807, 2.05) is 35.2 Å². The number of carbonyl (C=O) groups is 2. The van der Waals surface area contributed by atoms with Gasteiger partial charge in [-0.25, -0.2) is 0 Å². The van der Waals surface area contributed by atoms with E-state index in [0.717, 1.165) is 37.1 Å². The number of benzene rings is 2. The molecule has 2 fully saturated rings. The number of nitriles is 1. The first-order chi connectivity index (χ1) is 14.0. The van der Waals surface area contributed by atoms with Gasteiger partial charge >= 0.3 is 0 Å². The predicted octanol–water partition coefficient (Wildman–Crippen LogP) is 3.75. The first kappa shape index (κ1) is 19.2. The molecule has 2 aliphatic rings. The topological polar surface area (TPSA) is 73.2 Å². The summed E-state index contributed by atoms with van der Waals surface area (Å²) in [5.74, 6) is -0.368. The van der Waals surface area contributed by atoms with E-state index in [0.29, 0.717) is 16.5 Å². The van der Waals surface area contributed by atoms with Gasteiger partial charge in [0, 0.05) is 18.7 Å². The van der Waals surface area contributed by atoms with Crippen molar-refractivity contribution in [1.29, 1.82) is 5.26 Å². The van der Waals surface area contributed by atoms with Gasteiger partial charge in [0.2, 0.25) is 5.91 Å². The molecule has 1 N–H and O–H groups in total. The second kappa shape index (κ2) is 7.71. The molecular formula is C24H25N3O2. The Morgan fingerprint density at radius 3 is 2.38 bits per heavy atom. The van der Waals surface area contributed by atoms with Crippen LogP contribution in [0.2, 0.25) is 0 Å². The normalized spacial score (nSPS) is 18.0. The number of nitrogens with one attached hydrogen (secondary N) is 1. The molecule has 1 aliphatic heterocycles. The number of amides is 2. The Morgan fingerprint density at radius 1 is 1.07 bits per heavy atom. The van der Waals surface area contributed by atoms with E-state index >= 15 is 0 Å². The van der Waals surface area contributed by atoms with E-state index in [-0.39, 0.29) is 11.8 Å². The summed E-state index contributed by atoms with van der Waals surface area (Å²) in [6.45, 7) is 3.29. The lowest BCUT2D eigenvalue weighted by Crippen LogP contribution is -2.49. The number of carbonyl (C=O) groups excluding carboxylic acids is 2. The number of nitrogens with zero attached hydrogens (tertiary/aromatic N) is 2. The lowest BCUT2D eigenvalue weighted by Gasteiger charge is -2.33. The Bertz CT molecular complexity index is 963. The van der Waals surface area contributed by atoms with Gasteiger partial charge in [0.1, 0.15) is 6.04 Å². The molecule has 4 rings (SSSR count). The van der Waals surface area contributed by atoms with Crippen LogP contribution in [0.15, 0.2) is 48.5 Å². The van der Waals surface area contributed by atoms with Crippen molar-refractivity contribution >= 4 is 11.8 Å². The summed E-state index contributed by atoms with van der Waals surface area (Å²) in [5, 5.41) is 12.3. The Hall–Kier alpha value is -3.13. The molecule has 0 bridgehead atoms. The number of hydrogen-bond acceptors (Lipinski definition) is 3. The quantitative estimate of drug-likeness (QED) is 0.868. The van der Waals surface area contributed by atoms with Crippen LogP contribution in [0.4, 0.5) is 0 Å². The van der Waals surface area contributed by atoms with Gasteiger partial charge in [0.05, 0.1) is 11.6 Å². The van der Waals surface area contributed by atoms with Gasteiger partial charge < -0.3 is 10.2 Å². The van der Waals surface area contributed by atoms with E-state index in [9.17, 15) is 14.9 Å². The molecule has 5 nitrogen and oxygen atoms in total. The third-order valence-corrected chi connectivity index (χ3v) is 6.30. The SMILES string of the molecule is C[C@@H](NC(=O)c1ccc(-c2ccccc2)c(C#N)c1)C(=O)N1CCC2(CC1)CC2. The molecule has 5 heteroatoms. The molecule has 2 aromatic carbocycles. The Morgan fingerprint density at radius 2 is 1.76 bits per heavy atom. The average molecular weight is 387 g/mol. The standard InChI is InChI=1S/C24H25N3O2/c1-17(23(29)27-13-11-24(9-10-24)12-14-27)26-22(28)19-7-8-21(20(15-19)16-25)18-5-3-2-4-6-18/h2-8,15,17H,9-14H2,1H3,(H,26,28)/t17-/m1/s1. The molecule has 1 heterocycles. The maximum Gasteiger partial charge on any atom is 0.251 e. The number of rotatable bonds is 4. The maximum absolute atomic E-state index is 12.7. The minimum Gasteiger partial charge on any atom is -0.341 e. The maximum atomic E-state index is 12.7. The Balaban J connectivity index is 1.42. The van der Waals surface area contributed by atoms with Crippen molar-refractivity contribution in [2.24, 2.45) is 5.41 Å². The monoisotopic (exact) mass is 387 g/mol. The minimum atomic E-state index is -0.588. The number of hydrogen-bond donors (Lipinski definition) is 1. The number of likely N-dealkylation sites (tertiary alicyclic amines) is 1. The van der Waals surface area contributed by atoms with Gasteiger partial charge in [-0.2, -0.15) is 5.26 Å². The third-order valence-electron chi connectivity index (χ3n) is 6.30. The second-order valence-corrected chi connectivity index (χ2v) is 8.26. The van der Waals surface area contributed by atoms with E-state index in [2.05, 4.69) is 11.4 Å². The molecule has 1 saturated carbocycles. The van der Waals surface area contributed by atoms with E-state index < -0.39 is 6.04 Å². The summed E-state index contributed by atoms with van der Waals surface area (Å²) < 4.78 is 0. The Labute approximate surface area is 171 Å². The van der Waals surface area contributed by atoms with Crippen LogP contribution in [0.3, 0.4) is 0 Å². The van der Waals surface area contributed by atoms with Crippen LogP contribution in [0, 0.1) is 16.7 Å². The van der Waals surface area contributed by atoms with Gasteiger partial charge in [0.25, 0.3) is 5.91 Å². The zero-order valence-electron chi connectivity index (χ0n) is 16.6. The van der Waals surface area contributed by atoms with Crippen molar-refractivity contribution in [3.8, 4) is 17.2 Å². The molecule has 1 atom stereocenters. The summed E-state index contributed by atoms with van der Waals surface area (Å²) in [4.78, 5) is 27.3. The van der Waals surface area contributed by atoms with Crippen LogP contribution in [-0.4, -0.2) is 35.8 Å². The first-order valence-electron chi connectivity index (χ1n) is 10.2. The second-order valence-electron chi connectivity index (χ2n) is 8.26. The largest absolute Gasteiger partial charge is 0.341 e. The highest BCUT2D eigenvalue weighted by Gasteiger charge is 2.45. The van der Waals surface area contributed by atoms with Crippen LogP contribution in [0.1, 0.15) is 48.5 Å². The number of piperidine rings is 1. The van der Waals surface area contributed by atoms with Crippen molar-refractivity contribution in [3.05, 3.63) is 59.7 Å². The van der Waals surface area contributed by atoms with Crippen molar-refractivity contribution in [3.63, 3.8) is 0 Å². The molecule has 2 aromatic rings. The summed E-state index contributed by atoms with van der Waals surface area (Å²) in [5.41, 5.74) is 3.05. The molecule has 0 radical (unpaired) electrons. The van der Waals surface area contributed by atoms with Gasteiger partial charge in [0.15, 0.2) is 0 Å². The smallest absolute Gasteiger partial charge is 0.251 e. The predicted molar refractivity (Wildman–Crippen MR) is 111 cm³/mol. The molecule has 29 heavy (non-hydrogen) atoms. The first-order valence-corrected chi connectivity index (χ1v) is 10.2. The lowest BCUT2D eigenvalue weighted by atomic mass is 9.93. The van der Waals surface area contributed by atoms with E-state index in [4.69, 9.17) is 0 Å². The van der Waals surface area contributed by atoms with E-state index in [1.165, 1.54) is 12.8 Å². The fourth-order valence-corrected chi connectivity index (χ4v) is 4.14. The minimum absolute atomic E-state index is 0.0322. The van der Waals surface area contributed by atoms with Crippen LogP contribution in [-0.2, 0) is 4.79 Å². The molecular weight excluding hydrogens is 362 g/mol. The van der Waals surface area contributed by atoms with Gasteiger partial charge in [-0.1, -0.05) is 36.4 Å². The molecule has 2 amide bonds. The fraction of sp³-hybridized carbons (Fsp3) is 0.375. The molecule has 0 aromatic heterocycles. The van der Waals surface area contributed by atoms with Gasteiger partial charge in [-0.15, -0.1) is 0 Å². The van der Waals surface area contributed by atoms with Crippen molar-refractivity contribution in [1.82, 2.24) is 10.2 Å². The van der Waals surface area contributed by atoms with Crippen LogP contribution < -0.4 is 5.32 Å². The highest BCUT2D eigenvalue weighted by atomic mass is 16.2. The molecule has 1 spiro atoms. The zero-order chi connectivity index (χ0) is 20.4. The lowest BCUT2D eigenvalue weighted by molar-refractivity contribution is -0.134. The van der Waals surface area contributed by atoms with Crippen LogP contribution in [0.25, 0.3) is 11.1 Å². The highest BCUT2D eigenvalue weighted by Crippen LogP contribution is 2.53. The molecule has 148 valence electrons. The molecule has 1 aliphatic carbocycles. The third kappa shape index (κ3) is 4.02. The Kier molecular flexibility index (Phi) is 5.10. The van der Waals surface area contributed by atoms with Crippen molar-refractivity contribution in [2.45, 2.75) is 38.6 Å². The zero-order valence-corrected chi connectivity index (χ0v) is 16.6. The summed E-state index contributed by atoms with van der Waals surface area (Å²) in [6.07, 6.45) is 4.74. The molecule has 0 unspecified atom stereocenters. The average Bonchev–Trinajstić information content (AvgIpc) is 3.52. The van der Waals surface area contributed by atoms with Crippen molar-refractivity contribution < 1.29 is 9.59 Å². The highest BCUT2D eigenvalue weighted by molar-refractivity contribution is 5.98. The van der Waals surface area contributed by atoms with Crippen LogP contribution >= 0.6 is 0 Å². The van der Waals surface area contributed by atoms with Gasteiger partial charge in [-0.3, -0.25) is 9.59 Å².